The lowest BCUT2D eigenvalue weighted by atomic mass is 9.94. The molecular weight excluding hydrogens is 334 g/mol. The molecule has 4 nitrogen and oxygen atoms in total. The van der Waals surface area contributed by atoms with Crippen molar-refractivity contribution in [3.05, 3.63) is 75.8 Å². The zero-order valence-corrected chi connectivity index (χ0v) is 16.7. The molecule has 3 N–H and O–H groups in total. The zero-order valence-electron chi connectivity index (χ0n) is 16.7. The van der Waals surface area contributed by atoms with Crippen LogP contribution in [0.25, 0.3) is 10.9 Å². The maximum atomic E-state index is 12.4. The van der Waals surface area contributed by atoms with Crippen LogP contribution < -0.4 is 10.9 Å². The van der Waals surface area contributed by atoms with Gasteiger partial charge in [0.25, 0.3) is 5.56 Å². The molecule has 0 fully saturated rings. The third-order valence-corrected chi connectivity index (χ3v) is 5.18. The van der Waals surface area contributed by atoms with Gasteiger partial charge in [0, 0.05) is 11.5 Å². The zero-order chi connectivity index (χ0) is 19.4. The van der Waals surface area contributed by atoms with Crippen LogP contribution >= 0.6 is 0 Å². The minimum atomic E-state index is -0.0686. The summed E-state index contributed by atoms with van der Waals surface area (Å²) in [6.07, 6.45) is 2.28. The monoisotopic (exact) mass is 364 g/mol. The summed E-state index contributed by atoms with van der Waals surface area (Å²) in [6.45, 7) is 8.79. The maximum absolute atomic E-state index is 12.4. The second-order valence-corrected chi connectivity index (χ2v) is 7.71. The summed E-state index contributed by atoms with van der Waals surface area (Å²) in [5.41, 5.74) is 3.39. The molecule has 0 aliphatic heterocycles. The second-order valence-electron chi connectivity index (χ2n) is 7.71. The highest BCUT2D eigenvalue weighted by Gasteiger charge is 2.24. The van der Waals surface area contributed by atoms with Crippen LogP contribution in [-0.2, 0) is 6.42 Å². The normalized spacial score (nSPS) is 13.8. The molecule has 27 heavy (non-hydrogen) atoms. The summed E-state index contributed by atoms with van der Waals surface area (Å²) >= 11 is 0. The predicted molar refractivity (Wildman–Crippen MR) is 111 cm³/mol. The number of hydrogen-bond donors (Lipinski definition) is 2. The van der Waals surface area contributed by atoms with Gasteiger partial charge in [-0.1, -0.05) is 63.6 Å². The van der Waals surface area contributed by atoms with Crippen molar-refractivity contribution in [3.8, 4) is 0 Å². The maximum Gasteiger partial charge on any atom is 0.258 e. The Morgan fingerprint density at radius 3 is 2.41 bits per heavy atom. The number of quaternary nitrogens is 1. The molecule has 0 saturated heterocycles. The van der Waals surface area contributed by atoms with E-state index in [1.165, 1.54) is 11.1 Å². The standard InChI is InChI=1S/C23H29N3O/c1-5-8-17-11-13-18(14-12-17)21(15(2)3)24-16(4)22-25-20-10-7-6-9-19(20)23(27)26-22/h6-7,9-16,21,24H,5,8H2,1-4H3,(H,25,26,27)/p+1/t16-,21+/m1/s1. The molecule has 3 aromatic rings. The Kier molecular flexibility index (Phi) is 6.07. The SMILES string of the molecule is CCCc1ccc([C@@H]([NH2+][C@H](C)c2nc3ccccc3c(=O)[nH]2)C(C)C)cc1. The first-order valence-corrected chi connectivity index (χ1v) is 9.92. The second kappa shape index (κ2) is 8.49. The molecule has 0 spiro atoms. The first-order valence-electron chi connectivity index (χ1n) is 9.92. The molecular formula is C23H30N3O+. The number of aromatic nitrogens is 2. The number of nitrogens with one attached hydrogen (secondary N) is 1. The smallest absolute Gasteiger partial charge is 0.258 e. The van der Waals surface area contributed by atoms with E-state index in [1.807, 2.05) is 24.3 Å². The fourth-order valence-corrected chi connectivity index (χ4v) is 3.64. The van der Waals surface area contributed by atoms with Crippen LogP contribution in [0.5, 0.6) is 0 Å². The van der Waals surface area contributed by atoms with E-state index in [4.69, 9.17) is 4.98 Å². The van der Waals surface area contributed by atoms with Crippen LogP contribution in [0, 0.1) is 5.92 Å². The van der Waals surface area contributed by atoms with Crippen LogP contribution in [0.1, 0.15) is 63.2 Å². The van der Waals surface area contributed by atoms with E-state index >= 15 is 0 Å². The minimum absolute atomic E-state index is 0.0602. The van der Waals surface area contributed by atoms with Crippen molar-refractivity contribution < 1.29 is 5.32 Å². The Labute approximate surface area is 161 Å². The molecule has 142 valence electrons. The number of H-pyrrole nitrogens is 1. The average molecular weight is 365 g/mol. The number of benzene rings is 2. The Bertz CT molecular complexity index is 944. The molecule has 0 bridgehead atoms. The number of rotatable bonds is 7. The number of para-hydroxylation sites is 1. The van der Waals surface area contributed by atoms with Gasteiger partial charge in [0.2, 0.25) is 0 Å². The average Bonchev–Trinajstić information content (AvgIpc) is 2.66. The Morgan fingerprint density at radius 1 is 1.04 bits per heavy atom. The Hall–Kier alpha value is -2.46. The van der Waals surface area contributed by atoms with Crippen molar-refractivity contribution in [2.24, 2.45) is 5.92 Å². The summed E-state index contributed by atoms with van der Waals surface area (Å²) < 4.78 is 0. The number of aromatic amines is 1. The molecule has 0 amide bonds. The predicted octanol–water partition coefficient (Wildman–Crippen LogP) is 3.90. The molecule has 3 rings (SSSR count). The van der Waals surface area contributed by atoms with Crippen molar-refractivity contribution in [2.45, 2.75) is 52.6 Å². The highest BCUT2D eigenvalue weighted by Crippen LogP contribution is 2.20. The Balaban J connectivity index is 1.85. The summed E-state index contributed by atoms with van der Waals surface area (Å²) in [7, 11) is 0. The largest absolute Gasteiger partial charge is 0.331 e. The molecule has 0 saturated carbocycles. The first-order chi connectivity index (χ1) is 13.0. The van der Waals surface area contributed by atoms with Crippen LogP contribution in [0.3, 0.4) is 0 Å². The van der Waals surface area contributed by atoms with Gasteiger partial charge in [-0.25, -0.2) is 4.98 Å². The lowest BCUT2D eigenvalue weighted by Crippen LogP contribution is -2.87. The molecule has 4 heteroatoms. The van der Waals surface area contributed by atoms with Crippen LogP contribution in [0.2, 0.25) is 0 Å². The summed E-state index contributed by atoms with van der Waals surface area (Å²) in [4.78, 5) is 20.1. The van der Waals surface area contributed by atoms with Gasteiger partial charge in [0.1, 0.15) is 12.1 Å². The van der Waals surface area contributed by atoms with E-state index < -0.39 is 0 Å². The van der Waals surface area contributed by atoms with Crippen LogP contribution in [0.4, 0.5) is 0 Å². The molecule has 0 radical (unpaired) electrons. The molecule has 0 aliphatic rings. The molecule has 2 atom stereocenters. The number of nitrogens with two attached hydrogens (primary N) is 1. The van der Waals surface area contributed by atoms with E-state index in [9.17, 15) is 4.79 Å². The quantitative estimate of drug-likeness (QED) is 0.668. The lowest BCUT2D eigenvalue weighted by Gasteiger charge is -2.23. The van der Waals surface area contributed by atoms with E-state index in [-0.39, 0.29) is 11.6 Å². The lowest BCUT2D eigenvalue weighted by molar-refractivity contribution is -0.738. The van der Waals surface area contributed by atoms with E-state index in [2.05, 4.69) is 62.3 Å². The van der Waals surface area contributed by atoms with Crippen LogP contribution in [0.15, 0.2) is 53.3 Å². The van der Waals surface area contributed by atoms with Crippen LogP contribution in [-0.4, -0.2) is 9.97 Å². The summed E-state index contributed by atoms with van der Waals surface area (Å²) in [6, 6.07) is 16.8. The van der Waals surface area contributed by atoms with Crippen molar-refractivity contribution in [2.75, 3.05) is 0 Å². The van der Waals surface area contributed by atoms with E-state index in [1.54, 1.807) is 0 Å². The van der Waals surface area contributed by atoms with E-state index in [0.717, 1.165) is 24.2 Å². The number of nitrogens with zero attached hydrogens (tertiary/aromatic N) is 1. The van der Waals surface area contributed by atoms with Gasteiger partial charge in [0.15, 0.2) is 5.82 Å². The Morgan fingerprint density at radius 2 is 1.74 bits per heavy atom. The van der Waals surface area contributed by atoms with Gasteiger partial charge in [-0.3, -0.25) is 4.79 Å². The highest BCUT2D eigenvalue weighted by molar-refractivity contribution is 5.77. The van der Waals surface area contributed by atoms with E-state index in [0.29, 0.717) is 17.3 Å². The van der Waals surface area contributed by atoms with Gasteiger partial charge in [0.05, 0.1) is 10.9 Å². The number of hydrogen-bond acceptors (Lipinski definition) is 2. The summed E-state index contributed by atoms with van der Waals surface area (Å²) in [5.74, 6) is 1.20. The fraction of sp³-hybridized carbons (Fsp3) is 0.391. The van der Waals surface area contributed by atoms with Crippen molar-refractivity contribution >= 4 is 10.9 Å². The molecule has 1 heterocycles. The number of aryl methyl sites for hydroxylation is 1. The third kappa shape index (κ3) is 4.45. The molecule has 0 unspecified atom stereocenters. The van der Waals surface area contributed by atoms with Gasteiger partial charge in [-0.05, 0) is 31.0 Å². The topological polar surface area (TPSA) is 62.4 Å². The fourth-order valence-electron chi connectivity index (χ4n) is 3.64. The third-order valence-electron chi connectivity index (χ3n) is 5.18. The molecule has 1 aromatic heterocycles. The molecule has 2 aromatic carbocycles. The summed E-state index contributed by atoms with van der Waals surface area (Å²) in [5, 5.41) is 2.95. The van der Waals surface area contributed by atoms with Gasteiger partial charge < -0.3 is 10.3 Å². The van der Waals surface area contributed by atoms with Gasteiger partial charge in [-0.2, -0.15) is 0 Å². The van der Waals surface area contributed by atoms with Crippen molar-refractivity contribution in [1.82, 2.24) is 9.97 Å². The molecule has 0 aliphatic carbocycles. The number of fused-ring (bicyclic) bond motifs is 1. The van der Waals surface area contributed by atoms with Crippen molar-refractivity contribution in [3.63, 3.8) is 0 Å². The van der Waals surface area contributed by atoms with Gasteiger partial charge in [-0.15, -0.1) is 0 Å². The highest BCUT2D eigenvalue weighted by atomic mass is 16.1. The van der Waals surface area contributed by atoms with Crippen molar-refractivity contribution in [1.29, 1.82) is 0 Å². The van der Waals surface area contributed by atoms with Gasteiger partial charge >= 0.3 is 0 Å². The minimum Gasteiger partial charge on any atom is -0.331 e. The first kappa shape index (κ1) is 19.3.